The fourth-order valence-electron chi connectivity index (χ4n) is 4.38. The third-order valence-electron chi connectivity index (χ3n) is 6.36. The second-order valence-electron chi connectivity index (χ2n) is 8.90. The molecule has 1 atom stereocenters. The van der Waals surface area contributed by atoms with Crippen molar-refractivity contribution in [3.8, 4) is 0 Å². The first-order chi connectivity index (χ1) is 15.9. The summed E-state index contributed by atoms with van der Waals surface area (Å²) in [5, 5.41) is 10.7. The Kier molecular flexibility index (Phi) is 6.79. The molecule has 34 heavy (non-hydrogen) atoms. The van der Waals surface area contributed by atoms with Crippen LogP contribution in [-0.2, 0) is 17.9 Å². The number of halogens is 1. The summed E-state index contributed by atoms with van der Waals surface area (Å²) in [4.78, 5) is 23.2. The zero-order valence-corrected chi connectivity index (χ0v) is 20.6. The van der Waals surface area contributed by atoms with Gasteiger partial charge in [-0.1, -0.05) is 6.92 Å². The quantitative estimate of drug-likeness (QED) is 0.529. The van der Waals surface area contributed by atoms with Gasteiger partial charge in [0.25, 0.3) is 0 Å². The summed E-state index contributed by atoms with van der Waals surface area (Å²) in [6, 6.07) is 3.34. The minimum atomic E-state index is -0.218. The van der Waals surface area contributed by atoms with Crippen molar-refractivity contribution in [2.45, 2.75) is 58.2 Å². The second-order valence-corrected chi connectivity index (χ2v) is 8.90. The lowest BCUT2D eigenvalue weighted by Gasteiger charge is -2.35. The van der Waals surface area contributed by atoms with E-state index in [0.29, 0.717) is 24.7 Å². The smallest absolute Gasteiger partial charge is 0.247 e. The van der Waals surface area contributed by atoms with Crippen molar-refractivity contribution in [3.05, 3.63) is 59.1 Å². The summed E-state index contributed by atoms with van der Waals surface area (Å²) >= 11 is 0. The van der Waals surface area contributed by atoms with Gasteiger partial charge in [-0.2, -0.15) is 18.6 Å². The molecule has 0 radical (unpaired) electrons. The maximum Gasteiger partial charge on any atom is 0.247 e. The van der Waals surface area contributed by atoms with E-state index < -0.39 is 0 Å². The number of aryl methyl sites for hydroxylation is 1. The third kappa shape index (κ3) is 4.72. The van der Waals surface area contributed by atoms with Crippen LogP contribution in [0.1, 0.15) is 54.6 Å². The first kappa shape index (κ1) is 24.0. The molecule has 1 saturated carbocycles. The highest BCUT2D eigenvalue weighted by Crippen LogP contribution is 2.40. The van der Waals surface area contributed by atoms with Crippen molar-refractivity contribution in [1.29, 1.82) is 0 Å². The molecule has 8 nitrogen and oxygen atoms in total. The zero-order valence-electron chi connectivity index (χ0n) is 19.6. The largest absolute Gasteiger partial charge is 0.366 e. The maximum atomic E-state index is 14.3. The van der Waals surface area contributed by atoms with Crippen LogP contribution in [0.3, 0.4) is 0 Å². The minimum Gasteiger partial charge on any atom is -0.366 e. The van der Waals surface area contributed by atoms with Crippen LogP contribution in [-0.4, -0.2) is 38.7 Å². The Morgan fingerprint density at radius 2 is 2.03 bits per heavy atom. The Morgan fingerprint density at radius 1 is 1.24 bits per heavy atom. The molecule has 180 valence electrons. The first-order valence-electron chi connectivity index (χ1n) is 11.4. The molecule has 0 bridgehead atoms. The van der Waals surface area contributed by atoms with Crippen LogP contribution in [0, 0.1) is 12.7 Å². The number of amides is 1. The monoisotopic (exact) mass is 483 g/mol. The Morgan fingerprint density at radius 3 is 2.74 bits per heavy atom. The fraction of sp³-hybridized carbons (Fsp3) is 0.417. The van der Waals surface area contributed by atoms with Crippen molar-refractivity contribution in [1.82, 2.24) is 19.7 Å². The molecule has 0 unspecified atom stereocenters. The highest BCUT2D eigenvalue weighted by molar-refractivity contribution is 7.59. The van der Waals surface area contributed by atoms with E-state index in [2.05, 4.69) is 25.7 Å². The second kappa shape index (κ2) is 9.61. The van der Waals surface area contributed by atoms with Crippen molar-refractivity contribution in [3.63, 3.8) is 0 Å². The van der Waals surface area contributed by atoms with Gasteiger partial charge in [0.05, 0.1) is 35.5 Å². The summed E-state index contributed by atoms with van der Waals surface area (Å²) in [5.41, 5.74) is 4.86. The average molecular weight is 484 g/mol. The standard InChI is InChI=1S/C24H28FN7O.H2S/c1-4-19-24(33)30-22-14(2)29-21(8-20(22)31(19)3)26-10-16-11-28-32(13-16)12-15-7-18(25)23(27-9-15)17-5-6-17;/h7-9,11,13,17,19H,4-6,10,12H2,1-3H3,(H,26,29)(H,30,33);1H2/t19-;/m0./s1. The Bertz CT molecular complexity index is 1210. The molecule has 4 heterocycles. The summed E-state index contributed by atoms with van der Waals surface area (Å²) in [6.45, 7) is 4.91. The molecule has 3 aromatic heterocycles. The fourth-order valence-corrected chi connectivity index (χ4v) is 4.38. The number of nitrogens with zero attached hydrogens (tertiary/aromatic N) is 5. The Labute approximate surface area is 205 Å². The lowest BCUT2D eigenvalue weighted by Crippen LogP contribution is -2.45. The van der Waals surface area contributed by atoms with Gasteiger partial charge < -0.3 is 15.5 Å². The van der Waals surface area contributed by atoms with E-state index in [0.717, 1.165) is 53.3 Å². The van der Waals surface area contributed by atoms with Crippen LogP contribution in [0.2, 0.25) is 0 Å². The Balaban J connectivity index is 0.00000274. The van der Waals surface area contributed by atoms with Crippen LogP contribution < -0.4 is 15.5 Å². The van der Waals surface area contributed by atoms with Crippen LogP contribution in [0.25, 0.3) is 0 Å². The van der Waals surface area contributed by atoms with Crippen LogP contribution >= 0.6 is 13.5 Å². The number of pyridine rings is 2. The van der Waals surface area contributed by atoms with Crippen molar-refractivity contribution in [2.75, 3.05) is 22.6 Å². The molecule has 1 fully saturated rings. The summed E-state index contributed by atoms with van der Waals surface area (Å²) in [5.74, 6) is 0.817. The van der Waals surface area contributed by atoms with Gasteiger partial charge in [0.1, 0.15) is 17.7 Å². The average Bonchev–Trinajstić information content (AvgIpc) is 3.53. The lowest BCUT2D eigenvalue weighted by atomic mass is 10.1. The molecule has 3 aromatic rings. The predicted octanol–water partition coefficient (Wildman–Crippen LogP) is 3.94. The highest BCUT2D eigenvalue weighted by Gasteiger charge is 2.31. The minimum absolute atomic E-state index is 0. The molecule has 10 heteroatoms. The summed E-state index contributed by atoms with van der Waals surface area (Å²) < 4.78 is 16.1. The van der Waals surface area contributed by atoms with Crippen molar-refractivity contribution < 1.29 is 9.18 Å². The van der Waals surface area contributed by atoms with E-state index >= 15 is 0 Å². The van der Waals surface area contributed by atoms with E-state index in [-0.39, 0.29) is 31.3 Å². The predicted molar refractivity (Wildman–Crippen MR) is 135 cm³/mol. The van der Waals surface area contributed by atoms with E-state index in [4.69, 9.17) is 0 Å². The van der Waals surface area contributed by atoms with E-state index in [1.54, 1.807) is 23.1 Å². The molecule has 2 aliphatic rings. The van der Waals surface area contributed by atoms with Gasteiger partial charge in [-0.05, 0) is 37.8 Å². The van der Waals surface area contributed by atoms with Gasteiger partial charge in [0.15, 0.2) is 0 Å². The summed E-state index contributed by atoms with van der Waals surface area (Å²) in [6.07, 6.45) is 8.26. The van der Waals surface area contributed by atoms with E-state index in [9.17, 15) is 9.18 Å². The number of fused-ring (bicyclic) bond motifs is 1. The van der Waals surface area contributed by atoms with Gasteiger partial charge in [-0.25, -0.2) is 9.37 Å². The third-order valence-corrected chi connectivity index (χ3v) is 6.36. The first-order valence-corrected chi connectivity index (χ1v) is 11.4. The molecular weight excluding hydrogens is 453 g/mol. The van der Waals surface area contributed by atoms with Crippen molar-refractivity contribution in [2.24, 2.45) is 0 Å². The number of hydrogen-bond acceptors (Lipinski definition) is 6. The number of carbonyl (C=O) groups excluding carboxylic acids is 1. The number of hydrogen-bond donors (Lipinski definition) is 2. The van der Waals surface area contributed by atoms with Crippen LogP contribution in [0.4, 0.5) is 21.6 Å². The highest BCUT2D eigenvalue weighted by atomic mass is 32.1. The Hall–Kier alpha value is -3.14. The van der Waals surface area contributed by atoms with Gasteiger partial charge in [0, 0.05) is 43.5 Å². The number of nitrogens with one attached hydrogen (secondary N) is 2. The van der Waals surface area contributed by atoms with Crippen LogP contribution in [0.15, 0.2) is 30.7 Å². The number of rotatable bonds is 7. The molecular formula is C24H30FN7OS. The lowest BCUT2D eigenvalue weighted by molar-refractivity contribution is -0.117. The number of anilines is 3. The van der Waals surface area contributed by atoms with Crippen LogP contribution in [0.5, 0.6) is 0 Å². The topological polar surface area (TPSA) is 88.0 Å². The SMILES string of the molecule is CC[C@H]1C(=O)Nc2c(cc(NCc3cnn(Cc4cnc(C5CC5)c(F)c4)c3)nc2C)N1C.S. The van der Waals surface area contributed by atoms with Gasteiger partial charge in [0.2, 0.25) is 5.91 Å². The zero-order chi connectivity index (χ0) is 23.1. The molecule has 5 rings (SSSR count). The molecule has 0 spiro atoms. The van der Waals surface area contributed by atoms with Gasteiger partial charge in [-0.3, -0.25) is 14.5 Å². The van der Waals surface area contributed by atoms with Gasteiger partial charge >= 0.3 is 0 Å². The molecule has 1 amide bonds. The molecule has 1 aliphatic carbocycles. The molecule has 1 aliphatic heterocycles. The van der Waals surface area contributed by atoms with Crippen molar-refractivity contribution >= 4 is 36.6 Å². The molecule has 0 aromatic carbocycles. The van der Waals surface area contributed by atoms with Gasteiger partial charge in [-0.15, -0.1) is 0 Å². The normalized spacial score (nSPS) is 17.1. The number of likely N-dealkylation sites (N-methyl/N-ethyl adjacent to an activating group) is 1. The summed E-state index contributed by atoms with van der Waals surface area (Å²) in [7, 11) is 1.94. The van der Waals surface area contributed by atoms with E-state index in [1.165, 1.54) is 0 Å². The molecule has 2 N–H and O–H groups in total. The number of aromatic nitrogens is 4. The number of carbonyl (C=O) groups is 1. The maximum absolute atomic E-state index is 14.3. The van der Waals surface area contributed by atoms with E-state index in [1.807, 2.05) is 38.1 Å². The molecule has 0 saturated heterocycles.